The lowest BCUT2D eigenvalue weighted by atomic mass is 10.1. The molecule has 1 aromatic carbocycles. The Hall–Kier alpha value is -2.57. The van der Waals surface area contributed by atoms with Gasteiger partial charge in [-0.1, -0.05) is 12.8 Å². The molecular formula is C18H23N3O4. The molecule has 0 radical (unpaired) electrons. The highest BCUT2D eigenvalue weighted by Gasteiger charge is 2.30. The Kier molecular flexibility index (Phi) is 5.21. The van der Waals surface area contributed by atoms with Crippen LogP contribution in [-0.2, 0) is 4.79 Å². The second-order valence-corrected chi connectivity index (χ2v) is 6.73. The Morgan fingerprint density at radius 1 is 1.04 bits per heavy atom. The predicted octanol–water partition coefficient (Wildman–Crippen LogP) is 2.30. The second-order valence-electron chi connectivity index (χ2n) is 6.73. The van der Waals surface area contributed by atoms with Gasteiger partial charge in [0.1, 0.15) is 0 Å². The van der Waals surface area contributed by atoms with Gasteiger partial charge < -0.3 is 20.6 Å². The molecule has 0 spiro atoms. The number of anilines is 1. The predicted molar refractivity (Wildman–Crippen MR) is 92.5 cm³/mol. The highest BCUT2D eigenvalue weighted by molar-refractivity contribution is 5.95. The van der Waals surface area contributed by atoms with Crippen molar-refractivity contribution in [1.29, 1.82) is 0 Å². The van der Waals surface area contributed by atoms with E-state index >= 15 is 0 Å². The van der Waals surface area contributed by atoms with Gasteiger partial charge in [0.15, 0.2) is 0 Å². The summed E-state index contributed by atoms with van der Waals surface area (Å²) in [5.74, 6) is -1.45. The van der Waals surface area contributed by atoms with Crippen molar-refractivity contribution in [3.63, 3.8) is 0 Å². The van der Waals surface area contributed by atoms with Gasteiger partial charge in [-0.15, -0.1) is 0 Å². The van der Waals surface area contributed by atoms with E-state index in [4.69, 9.17) is 5.11 Å². The minimum Gasteiger partial charge on any atom is -0.481 e. The Morgan fingerprint density at radius 3 is 2.32 bits per heavy atom. The van der Waals surface area contributed by atoms with E-state index in [2.05, 4.69) is 10.6 Å². The lowest BCUT2D eigenvalue weighted by Gasteiger charge is -2.17. The Balaban J connectivity index is 1.52. The third-order valence-corrected chi connectivity index (χ3v) is 4.91. The summed E-state index contributed by atoms with van der Waals surface area (Å²) in [4.78, 5) is 36.8. The number of hydrogen-bond acceptors (Lipinski definition) is 3. The van der Waals surface area contributed by atoms with E-state index in [1.54, 1.807) is 24.3 Å². The van der Waals surface area contributed by atoms with Crippen LogP contribution >= 0.6 is 0 Å². The lowest BCUT2D eigenvalue weighted by molar-refractivity contribution is -0.141. The van der Waals surface area contributed by atoms with E-state index < -0.39 is 11.9 Å². The number of carbonyl (C=O) groups excluding carboxylic acids is 2. The number of aliphatic carboxylic acids is 1. The van der Waals surface area contributed by atoms with Gasteiger partial charge in [-0.2, -0.15) is 0 Å². The third-order valence-electron chi connectivity index (χ3n) is 4.91. The number of carboxylic acids is 1. The van der Waals surface area contributed by atoms with Gasteiger partial charge in [0, 0.05) is 30.4 Å². The molecule has 0 bridgehead atoms. The second kappa shape index (κ2) is 7.55. The topological polar surface area (TPSA) is 98.7 Å². The minimum absolute atomic E-state index is 0.0892. The van der Waals surface area contributed by atoms with Crippen molar-refractivity contribution in [2.24, 2.45) is 5.92 Å². The molecule has 134 valence electrons. The van der Waals surface area contributed by atoms with Crippen LogP contribution < -0.4 is 10.6 Å². The molecule has 7 nitrogen and oxygen atoms in total. The van der Waals surface area contributed by atoms with Crippen LogP contribution in [0.25, 0.3) is 0 Å². The normalized spacial score (nSPS) is 20.5. The fourth-order valence-corrected chi connectivity index (χ4v) is 3.39. The van der Waals surface area contributed by atoms with Crippen molar-refractivity contribution >= 4 is 23.6 Å². The third kappa shape index (κ3) is 4.29. The average molecular weight is 345 g/mol. The first kappa shape index (κ1) is 17.3. The van der Waals surface area contributed by atoms with Crippen LogP contribution in [-0.4, -0.2) is 47.0 Å². The number of nitrogens with one attached hydrogen (secondary N) is 2. The Labute approximate surface area is 146 Å². The van der Waals surface area contributed by atoms with E-state index in [1.165, 1.54) is 4.90 Å². The highest BCUT2D eigenvalue weighted by Crippen LogP contribution is 2.20. The van der Waals surface area contributed by atoms with Gasteiger partial charge in [-0.3, -0.25) is 9.59 Å². The summed E-state index contributed by atoms with van der Waals surface area (Å²) in [5.41, 5.74) is 1.15. The molecule has 2 aliphatic rings. The van der Waals surface area contributed by atoms with E-state index in [0.717, 1.165) is 25.7 Å². The number of hydrogen-bond donors (Lipinski definition) is 3. The van der Waals surface area contributed by atoms with Crippen molar-refractivity contribution in [3.8, 4) is 0 Å². The summed E-state index contributed by atoms with van der Waals surface area (Å²) in [6, 6.07) is 6.70. The summed E-state index contributed by atoms with van der Waals surface area (Å²) in [7, 11) is 0. The molecule has 1 unspecified atom stereocenters. The molecule has 3 N–H and O–H groups in total. The first-order valence-corrected chi connectivity index (χ1v) is 8.72. The molecule has 7 heteroatoms. The van der Waals surface area contributed by atoms with Crippen molar-refractivity contribution < 1.29 is 19.5 Å². The summed E-state index contributed by atoms with van der Waals surface area (Å²) >= 11 is 0. The molecule has 1 aromatic rings. The number of carboxylic acid groups (broad SMARTS) is 1. The maximum absolute atomic E-state index is 12.2. The molecule has 0 aromatic heterocycles. The number of amides is 3. The Bertz CT molecular complexity index is 653. The van der Waals surface area contributed by atoms with Crippen LogP contribution in [0.15, 0.2) is 24.3 Å². The van der Waals surface area contributed by atoms with Crippen LogP contribution in [0.2, 0.25) is 0 Å². The van der Waals surface area contributed by atoms with Gasteiger partial charge in [0.2, 0.25) is 0 Å². The molecule has 1 saturated heterocycles. The van der Waals surface area contributed by atoms with E-state index in [1.807, 2.05) is 0 Å². The smallest absolute Gasteiger partial charge is 0.321 e. The van der Waals surface area contributed by atoms with Crippen LogP contribution in [0.1, 0.15) is 42.5 Å². The molecule has 25 heavy (non-hydrogen) atoms. The largest absolute Gasteiger partial charge is 0.481 e. The first-order valence-electron chi connectivity index (χ1n) is 8.72. The highest BCUT2D eigenvalue weighted by atomic mass is 16.4. The maximum atomic E-state index is 12.2. The number of urea groups is 1. The van der Waals surface area contributed by atoms with Crippen LogP contribution in [0.3, 0.4) is 0 Å². The van der Waals surface area contributed by atoms with E-state index in [-0.39, 0.29) is 24.5 Å². The summed E-state index contributed by atoms with van der Waals surface area (Å²) in [5, 5.41) is 14.8. The van der Waals surface area contributed by atoms with Crippen molar-refractivity contribution in [3.05, 3.63) is 29.8 Å². The van der Waals surface area contributed by atoms with Crippen LogP contribution in [0.5, 0.6) is 0 Å². The summed E-state index contributed by atoms with van der Waals surface area (Å²) in [6.45, 7) is 0.660. The van der Waals surface area contributed by atoms with Gasteiger partial charge >= 0.3 is 12.0 Å². The zero-order valence-corrected chi connectivity index (χ0v) is 14.0. The fourth-order valence-electron chi connectivity index (χ4n) is 3.39. The molecule has 1 aliphatic heterocycles. The van der Waals surface area contributed by atoms with E-state index in [0.29, 0.717) is 24.2 Å². The van der Waals surface area contributed by atoms with Crippen LogP contribution in [0.4, 0.5) is 10.5 Å². The molecule has 1 aliphatic carbocycles. The van der Waals surface area contributed by atoms with Crippen molar-refractivity contribution in [2.75, 3.05) is 18.4 Å². The number of rotatable bonds is 4. The zero-order valence-electron chi connectivity index (χ0n) is 14.0. The standard InChI is InChI=1S/C18H23N3O4/c22-16(19-14-3-1-2-4-14)12-5-7-15(8-6-12)20-18(25)21-10-9-13(11-21)17(23)24/h5-8,13-14H,1-4,9-11H2,(H,19,22)(H,20,25)(H,23,24). The molecular weight excluding hydrogens is 322 g/mol. The SMILES string of the molecule is O=C(NC1CCCC1)c1ccc(NC(=O)N2CCC(C(=O)O)C2)cc1. The number of benzene rings is 1. The number of carbonyl (C=O) groups is 3. The quantitative estimate of drug-likeness (QED) is 0.780. The van der Waals surface area contributed by atoms with Gasteiger partial charge in [-0.25, -0.2) is 4.79 Å². The summed E-state index contributed by atoms with van der Waals surface area (Å²) < 4.78 is 0. The first-order chi connectivity index (χ1) is 12.0. The maximum Gasteiger partial charge on any atom is 0.321 e. The van der Waals surface area contributed by atoms with Gasteiger partial charge in [0.25, 0.3) is 5.91 Å². The molecule has 2 fully saturated rings. The molecule has 1 atom stereocenters. The lowest BCUT2D eigenvalue weighted by Crippen LogP contribution is -2.34. The fraction of sp³-hybridized carbons (Fsp3) is 0.500. The molecule has 3 rings (SSSR count). The van der Waals surface area contributed by atoms with Gasteiger partial charge in [-0.05, 0) is 43.5 Å². The number of likely N-dealkylation sites (tertiary alicyclic amines) is 1. The molecule has 1 heterocycles. The van der Waals surface area contributed by atoms with Crippen molar-refractivity contribution in [1.82, 2.24) is 10.2 Å². The summed E-state index contributed by atoms with van der Waals surface area (Å²) in [6.07, 6.45) is 4.87. The van der Waals surface area contributed by atoms with Crippen molar-refractivity contribution in [2.45, 2.75) is 38.1 Å². The van der Waals surface area contributed by atoms with Crippen LogP contribution in [0, 0.1) is 5.92 Å². The number of nitrogens with zero attached hydrogens (tertiary/aromatic N) is 1. The van der Waals surface area contributed by atoms with Gasteiger partial charge in [0.05, 0.1) is 5.92 Å². The van der Waals surface area contributed by atoms with E-state index in [9.17, 15) is 14.4 Å². The zero-order chi connectivity index (χ0) is 17.8. The average Bonchev–Trinajstić information content (AvgIpc) is 3.27. The molecule has 1 saturated carbocycles. The Morgan fingerprint density at radius 2 is 1.72 bits per heavy atom. The molecule has 3 amide bonds. The minimum atomic E-state index is -0.868. The monoisotopic (exact) mass is 345 g/mol.